The first kappa shape index (κ1) is 31.2. The van der Waals surface area contributed by atoms with Crippen LogP contribution in [-0.2, 0) is 19.1 Å². The quantitative estimate of drug-likeness (QED) is 0.251. The van der Waals surface area contributed by atoms with Gasteiger partial charge in [0.15, 0.2) is 27.8 Å². The van der Waals surface area contributed by atoms with Gasteiger partial charge in [0.1, 0.15) is 0 Å². The van der Waals surface area contributed by atoms with Gasteiger partial charge in [0, 0.05) is 13.8 Å². The third-order valence-corrected chi connectivity index (χ3v) is 7.16. The number of nitrogens with zero attached hydrogens (tertiary/aromatic N) is 2. The van der Waals surface area contributed by atoms with Crippen molar-refractivity contribution in [1.29, 1.82) is 0 Å². The fourth-order valence-electron chi connectivity index (χ4n) is 4.58. The second-order valence-electron chi connectivity index (χ2n) is 9.27. The molecule has 4 rings (SSSR count). The molecule has 226 valence electrons. The molecule has 0 bridgehead atoms. The van der Waals surface area contributed by atoms with Crippen LogP contribution in [0.15, 0.2) is 57.5 Å². The van der Waals surface area contributed by atoms with Crippen molar-refractivity contribution >= 4 is 35.3 Å². The average Bonchev–Trinajstić information content (AvgIpc) is 3.24. The van der Waals surface area contributed by atoms with Crippen molar-refractivity contribution in [2.75, 3.05) is 19.8 Å². The topological polar surface area (TPSA) is 132 Å². The summed E-state index contributed by atoms with van der Waals surface area (Å²) >= 11 is 1.16. The fourth-order valence-corrected chi connectivity index (χ4v) is 5.63. The summed E-state index contributed by atoms with van der Waals surface area (Å²) in [4.78, 5) is 55.4. The Balaban J connectivity index is 1.91. The van der Waals surface area contributed by atoms with E-state index in [1.165, 1.54) is 18.4 Å². The van der Waals surface area contributed by atoms with E-state index < -0.39 is 23.9 Å². The van der Waals surface area contributed by atoms with E-state index in [0.29, 0.717) is 45.1 Å². The Morgan fingerprint density at radius 2 is 1.49 bits per heavy atom. The second-order valence-corrected chi connectivity index (χ2v) is 10.3. The van der Waals surface area contributed by atoms with Crippen LogP contribution in [0.2, 0.25) is 0 Å². The first-order chi connectivity index (χ1) is 20.6. The third-order valence-electron chi connectivity index (χ3n) is 6.17. The lowest BCUT2D eigenvalue weighted by Gasteiger charge is -2.25. The molecule has 2 aromatic carbocycles. The number of ether oxygens (including phenoxy) is 5. The number of carbonyl (C=O) groups is 3. The molecule has 1 aromatic heterocycles. The highest BCUT2D eigenvalue weighted by molar-refractivity contribution is 7.07. The van der Waals surface area contributed by atoms with Crippen molar-refractivity contribution in [3.05, 3.63) is 78.5 Å². The molecule has 0 saturated heterocycles. The molecule has 0 spiro atoms. The summed E-state index contributed by atoms with van der Waals surface area (Å²) in [6, 6.07) is 8.96. The van der Waals surface area contributed by atoms with Crippen LogP contribution in [0.5, 0.6) is 23.0 Å². The summed E-state index contributed by atoms with van der Waals surface area (Å²) in [7, 11) is 0. The van der Waals surface area contributed by atoms with Crippen LogP contribution in [0, 0.1) is 0 Å². The lowest BCUT2D eigenvalue weighted by Crippen LogP contribution is -2.40. The van der Waals surface area contributed by atoms with Crippen LogP contribution in [0.4, 0.5) is 0 Å². The second kappa shape index (κ2) is 13.5. The highest BCUT2D eigenvalue weighted by Crippen LogP contribution is 2.36. The Morgan fingerprint density at radius 3 is 2.07 bits per heavy atom. The van der Waals surface area contributed by atoms with E-state index in [-0.39, 0.29) is 35.0 Å². The normalized spacial score (nSPS) is 14.5. The molecule has 0 amide bonds. The van der Waals surface area contributed by atoms with E-state index in [1.54, 1.807) is 63.2 Å². The first-order valence-electron chi connectivity index (χ1n) is 13.7. The van der Waals surface area contributed by atoms with Gasteiger partial charge < -0.3 is 23.7 Å². The Labute approximate surface area is 251 Å². The third kappa shape index (κ3) is 6.86. The van der Waals surface area contributed by atoms with Gasteiger partial charge in [-0.05, 0) is 69.2 Å². The van der Waals surface area contributed by atoms with Gasteiger partial charge in [-0.2, -0.15) is 0 Å². The van der Waals surface area contributed by atoms with Crippen molar-refractivity contribution in [3.8, 4) is 23.0 Å². The Bertz CT molecular complexity index is 1790. The number of esters is 3. The van der Waals surface area contributed by atoms with Crippen LogP contribution < -0.4 is 33.8 Å². The lowest BCUT2D eigenvalue weighted by atomic mass is 9.95. The summed E-state index contributed by atoms with van der Waals surface area (Å²) in [5.41, 5.74) is 1.39. The van der Waals surface area contributed by atoms with Crippen molar-refractivity contribution in [2.24, 2.45) is 4.99 Å². The molecule has 1 aliphatic rings. The van der Waals surface area contributed by atoms with Crippen molar-refractivity contribution in [2.45, 2.75) is 47.6 Å². The molecule has 3 aromatic rings. The highest BCUT2D eigenvalue weighted by Gasteiger charge is 2.34. The van der Waals surface area contributed by atoms with Crippen LogP contribution in [0.3, 0.4) is 0 Å². The number of benzene rings is 2. The van der Waals surface area contributed by atoms with E-state index >= 15 is 0 Å². The predicted octanol–water partition coefficient (Wildman–Crippen LogP) is 3.45. The number of hydrogen-bond acceptors (Lipinski definition) is 11. The van der Waals surface area contributed by atoms with Crippen LogP contribution in [0.25, 0.3) is 6.08 Å². The van der Waals surface area contributed by atoms with Gasteiger partial charge in [-0.3, -0.25) is 19.0 Å². The largest absolute Gasteiger partial charge is 0.490 e. The molecule has 0 fully saturated rings. The van der Waals surface area contributed by atoms with E-state index in [1.807, 2.05) is 6.92 Å². The molecule has 11 nitrogen and oxygen atoms in total. The average molecular weight is 609 g/mol. The van der Waals surface area contributed by atoms with Gasteiger partial charge in [0.2, 0.25) is 0 Å². The van der Waals surface area contributed by atoms with Crippen LogP contribution >= 0.6 is 11.3 Å². The van der Waals surface area contributed by atoms with Gasteiger partial charge in [-0.15, -0.1) is 0 Å². The summed E-state index contributed by atoms with van der Waals surface area (Å²) in [6.45, 7) is 10.3. The minimum atomic E-state index is -0.895. The number of allylic oxidation sites excluding steroid dienone is 1. The minimum absolute atomic E-state index is 0.133. The molecule has 43 heavy (non-hydrogen) atoms. The standard InChI is InChI=1S/C31H32N2O9S/c1-7-38-24-14-20(10-12-22(24)41-18(5)34)15-26-29(36)33-28(27(30(37)40-9-3)17(4)32-31(33)43-26)21-11-13-23(42-19(6)35)25(16-21)39-8-2/h10-16,28H,7-9H2,1-6H3/b26-15+. The molecule has 1 atom stereocenters. The van der Waals surface area contributed by atoms with Crippen molar-refractivity contribution in [3.63, 3.8) is 0 Å². The SMILES string of the molecule is CCOC(=O)C1=C(C)N=c2s/c(=C/c3ccc(OC(C)=O)c(OCC)c3)c(=O)n2C1c1ccc(OC(C)=O)c(OCC)c1. The van der Waals surface area contributed by atoms with E-state index in [4.69, 9.17) is 23.7 Å². The molecular weight excluding hydrogens is 576 g/mol. The molecule has 0 saturated carbocycles. The summed E-state index contributed by atoms with van der Waals surface area (Å²) < 4.78 is 29.1. The van der Waals surface area contributed by atoms with E-state index in [9.17, 15) is 19.2 Å². The molecular formula is C31H32N2O9S. The predicted molar refractivity (Wildman–Crippen MR) is 158 cm³/mol. The number of carbonyl (C=O) groups excluding carboxylic acids is 3. The Hall–Kier alpha value is -4.71. The molecule has 12 heteroatoms. The first-order valence-corrected chi connectivity index (χ1v) is 14.5. The number of aromatic nitrogens is 1. The summed E-state index contributed by atoms with van der Waals surface area (Å²) in [5.74, 6) is -0.481. The molecule has 0 N–H and O–H groups in total. The molecule has 0 radical (unpaired) electrons. The monoisotopic (exact) mass is 608 g/mol. The zero-order chi connectivity index (χ0) is 31.3. The van der Waals surface area contributed by atoms with Crippen molar-refractivity contribution in [1.82, 2.24) is 4.57 Å². The fraction of sp³-hybridized carbons (Fsp3) is 0.323. The number of hydrogen-bond donors (Lipinski definition) is 0. The minimum Gasteiger partial charge on any atom is -0.490 e. The number of fused-ring (bicyclic) bond motifs is 1. The summed E-state index contributed by atoms with van der Waals surface area (Å²) in [6.07, 6.45) is 1.68. The smallest absolute Gasteiger partial charge is 0.338 e. The van der Waals surface area contributed by atoms with Crippen LogP contribution in [-0.4, -0.2) is 42.3 Å². The Kier molecular flexibility index (Phi) is 9.81. The maximum absolute atomic E-state index is 14.0. The lowest BCUT2D eigenvalue weighted by molar-refractivity contribution is -0.139. The van der Waals surface area contributed by atoms with Crippen LogP contribution in [0.1, 0.15) is 58.7 Å². The zero-order valence-electron chi connectivity index (χ0n) is 24.7. The van der Waals surface area contributed by atoms with Gasteiger partial charge in [-0.25, -0.2) is 9.79 Å². The summed E-state index contributed by atoms with van der Waals surface area (Å²) in [5, 5.41) is 0. The van der Waals surface area contributed by atoms with Gasteiger partial charge >= 0.3 is 17.9 Å². The molecule has 1 aliphatic heterocycles. The number of rotatable bonds is 10. The van der Waals surface area contributed by atoms with Gasteiger partial charge in [0.25, 0.3) is 5.56 Å². The van der Waals surface area contributed by atoms with E-state index in [0.717, 1.165) is 11.3 Å². The Morgan fingerprint density at radius 1 is 0.884 bits per heavy atom. The van der Waals surface area contributed by atoms with E-state index in [2.05, 4.69) is 4.99 Å². The highest BCUT2D eigenvalue weighted by atomic mass is 32.1. The zero-order valence-corrected chi connectivity index (χ0v) is 25.5. The molecule has 0 aliphatic carbocycles. The maximum atomic E-state index is 14.0. The number of thiazole rings is 1. The van der Waals surface area contributed by atoms with Gasteiger partial charge in [0.05, 0.1) is 41.7 Å². The molecule has 1 unspecified atom stereocenters. The molecule has 2 heterocycles. The maximum Gasteiger partial charge on any atom is 0.338 e. The van der Waals surface area contributed by atoms with Crippen molar-refractivity contribution < 1.29 is 38.1 Å². The van der Waals surface area contributed by atoms with Gasteiger partial charge in [-0.1, -0.05) is 23.5 Å².